The van der Waals surface area contributed by atoms with E-state index < -0.39 is 0 Å². The van der Waals surface area contributed by atoms with Crippen molar-refractivity contribution in [1.82, 2.24) is 10.2 Å². The van der Waals surface area contributed by atoms with Gasteiger partial charge in [-0.05, 0) is 13.3 Å². The average molecular weight is 186 g/mol. The van der Waals surface area contributed by atoms with Crippen molar-refractivity contribution in [3.63, 3.8) is 0 Å². The van der Waals surface area contributed by atoms with E-state index in [0.29, 0.717) is 12.6 Å². The molecule has 1 aliphatic heterocycles. The summed E-state index contributed by atoms with van der Waals surface area (Å²) in [6.07, 6.45) is 1.23. The van der Waals surface area contributed by atoms with Crippen molar-refractivity contribution in [1.29, 1.82) is 0 Å². The quantitative estimate of drug-likeness (QED) is 0.666. The summed E-state index contributed by atoms with van der Waals surface area (Å²) in [6.45, 7) is 3.24. The van der Waals surface area contributed by atoms with Gasteiger partial charge in [0, 0.05) is 26.7 Å². The van der Waals surface area contributed by atoms with Gasteiger partial charge in [0.25, 0.3) is 0 Å². The minimum atomic E-state index is 0.110. The van der Waals surface area contributed by atoms with Crippen LogP contribution in [0.25, 0.3) is 0 Å². The zero-order chi connectivity index (χ0) is 9.84. The highest BCUT2D eigenvalue weighted by atomic mass is 16.5. The molecule has 0 aromatic carbocycles. The first kappa shape index (κ1) is 10.5. The number of carbonyl (C=O) groups excluding carboxylic acids is 1. The Hall–Kier alpha value is -0.610. The number of hydrogen-bond acceptors (Lipinski definition) is 3. The normalized spacial score (nSPS) is 27.6. The van der Waals surface area contributed by atoms with Crippen LogP contribution in [0.5, 0.6) is 0 Å². The van der Waals surface area contributed by atoms with Crippen molar-refractivity contribution < 1.29 is 9.53 Å². The second-order valence-electron chi connectivity index (χ2n) is 3.64. The van der Waals surface area contributed by atoms with E-state index in [2.05, 4.69) is 5.32 Å². The predicted octanol–water partition coefficient (Wildman–Crippen LogP) is -0.158. The van der Waals surface area contributed by atoms with E-state index in [4.69, 9.17) is 4.74 Å². The maximum Gasteiger partial charge on any atom is 0.236 e. The average Bonchev–Trinajstić information content (AvgIpc) is 2.47. The first-order chi connectivity index (χ1) is 6.11. The fraction of sp³-hybridized carbons (Fsp3) is 0.889. The topological polar surface area (TPSA) is 41.6 Å². The van der Waals surface area contributed by atoms with Crippen LogP contribution in [-0.2, 0) is 9.53 Å². The third-order valence-corrected chi connectivity index (χ3v) is 2.39. The van der Waals surface area contributed by atoms with Crippen LogP contribution in [0.4, 0.5) is 0 Å². The number of nitrogens with one attached hydrogen (secondary N) is 1. The molecule has 0 bridgehead atoms. The van der Waals surface area contributed by atoms with Gasteiger partial charge in [-0.15, -0.1) is 0 Å². The molecule has 76 valence electrons. The Morgan fingerprint density at radius 1 is 1.62 bits per heavy atom. The molecule has 0 unspecified atom stereocenters. The molecule has 0 spiro atoms. The molecule has 0 aromatic rings. The Morgan fingerprint density at radius 2 is 2.31 bits per heavy atom. The summed E-state index contributed by atoms with van der Waals surface area (Å²) < 4.78 is 5.37. The first-order valence-electron chi connectivity index (χ1n) is 4.66. The van der Waals surface area contributed by atoms with E-state index >= 15 is 0 Å². The van der Waals surface area contributed by atoms with Crippen LogP contribution in [0.2, 0.25) is 0 Å². The van der Waals surface area contributed by atoms with Crippen molar-refractivity contribution in [2.24, 2.45) is 0 Å². The van der Waals surface area contributed by atoms with Crippen LogP contribution >= 0.6 is 0 Å². The highest BCUT2D eigenvalue weighted by Gasteiger charge is 2.24. The molecule has 4 heteroatoms. The van der Waals surface area contributed by atoms with Gasteiger partial charge >= 0.3 is 0 Å². The summed E-state index contributed by atoms with van der Waals surface area (Å²) in [4.78, 5) is 12.8. The Morgan fingerprint density at radius 3 is 2.77 bits per heavy atom. The maximum absolute atomic E-state index is 11.2. The molecule has 13 heavy (non-hydrogen) atoms. The van der Waals surface area contributed by atoms with Crippen LogP contribution in [0, 0.1) is 0 Å². The van der Waals surface area contributed by atoms with Crippen molar-refractivity contribution in [2.45, 2.75) is 25.5 Å². The fourth-order valence-corrected chi connectivity index (χ4v) is 1.38. The fourth-order valence-electron chi connectivity index (χ4n) is 1.38. The van der Waals surface area contributed by atoms with E-state index in [1.165, 1.54) is 0 Å². The maximum atomic E-state index is 11.2. The van der Waals surface area contributed by atoms with Gasteiger partial charge in [-0.3, -0.25) is 4.79 Å². The van der Waals surface area contributed by atoms with Crippen molar-refractivity contribution in [2.75, 3.05) is 27.2 Å². The molecule has 0 radical (unpaired) electrons. The summed E-state index contributed by atoms with van der Waals surface area (Å²) in [5.74, 6) is 0.110. The van der Waals surface area contributed by atoms with E-state index in [1.807, 2.05) is 6.92 Å². The summed E-state index contributed by atoms with van der Waals surface area (Å²) >= 11 is 0. The molecule has 2 atom stereocenters. The summed E-state index contributed by atoms with van der Waals surface area (Å²) in [7, 11) is 3.52. The number of carbonyl (C=O) groups is 1. The van der Waals surface area contributed by atoms with Crippen LogP contribution in [-0.4, -0.2) is 50.2 Å². The molecule has 1 N–H and O–H groups in total. The molecule has 0 aromatic heterocycles. The Bertz CT molecular complexity index is 182. The van der Waals surface area contributed by atoms with E-state index in [0.717, 1.165) is 13.0 Å². The van der Waals surface area contributed by atoms with Crippen molar-refractivity contribution in [3.05, 3.63) is 0 Å². The summed E-state index contributed by atoms with van der Waals surface area (Å²) in [5, 5.41) is 3.20. The number of hydrogen-bond donors (Lipinski definition) is 1. The van der Waals surface area contributed by atoms with E-state index in [1.54, 1.807) is 19.0 Å². The Labute approximate surface area is 79.2 Å². The number of nitrogens with zero attached hydrogens (tertiary/aromatic N) is 1. The van der Waals surface area contributed by atoms with Gasteiger partial charge in [0.15, 0.2) is 0 Å². The second-order valence-corrected chi connectivity index (χ2v) is 3.64. The van der Waals surface area contributed by atoms with Gasteiger partial charge in [0.2, 0.25) is 5.91 Å². The highest BCUT2D eigenvalue weighted by molar-refractivity contribution is 5.77. The third-order valence-electron chi connectivity index (χ3n) is 2.39. The molecular formula is C9H18N2O2. The standard InChI is InChI=1S/C9H18N2O2/c1-7-8(4-5-13-7)10-6-9(12)11(2)3/h7-8,10H,4-6H2,1-3H3/t7-,8-/m1/s1. The highest BCUT2D eigenvalue weighted by Crippen LogP contribution is 2.11. The van der Waals surface area contributed by atoms with Crippen LogP contribution < -0.4 is 5.32 Å². The van der Waals surface area contributed by atoms with Crippen LogP contribution in [0.1, 0.15) is 13.3 Å². The van der Waals surface area contributed by atoms with E-state index in [9.17, 15) is 4.79 Å². The lowest BCUT2D eigenvalue weighted by Crippen LogP contribution is -2.41. The minimum absolute atomic E-state index is 0.110. The number of likely N-dealkylation sites (N-methyl/N-ethyl adjacent to an activating group) is 1. The minimum Gasteiger partial charge on any atom is -0.377 e. The molecule has 1 heterocycles. The van der Waals surface area contributed by atoms with Gasteiger partial charge in [0.1, 0.15) is 0 Å². The molecule has 1 rings (SSSR count). The molecule has 0 aliphatic carbocycles. The monoisotopic (exact) mass is 186 g/mol. The van der Waals surface area contributed by atoms with Crippen molar-refractivity contribution in [3.8, 4) is 0 Å². The smallest absolute Gasteiger partial charge is 0.236 e. The van der Waals surface area contributed by atoms with Gasteiger partial charge in [-0.25, -0.2) is 0 Å². The summed E-state index contributed by atoms with van der Waals surface area (Å²) in [5.41, 5.74) is 0. The lowest BCUT2D eigenvalue weighted by molar-refractivity contribution is -0.127. The zero-order valence-electron chi connectivity index (χ0n) is 8.54. The van der Waals surface area contributed by atoms with Crippen LogP contribution in [0.15, 0.2) is 0 Å². The first-order valence-corrected chi connectivity index (χ1v) is 4.66. The Kier molecular flexibility index (Phi) is 3.69. The molecule has 1 amide bonds. The number of ether oxygens (including phenoxy) is 1. The second kappa shape index (κ2) is 4.58. The van der Waals surface area contributed by atoms with E-state index in [-0.39, 0.29) is 12.0 Å². The summed E-state index contributed by atoms with van der Waals surface area (Å²) in [6, 6.07) is 0.337. The lowest BCUT2D eigenvalue weighted by Gasteiger charge is -2.17. The van der Waals surface area contributed by atoms with Gasteiger partial charge in [-0.1, -0.05) is 0 Å². The lowest BCUT2D eigenvalue weighted by atomic mass is 10.1. The van der Waals surface area contributed by atoms with Crippen LogP contribution in [0.3, 0.4) is 0 Å². The number of rotatable bonds is 3. The predicted molar refractivity (Wildman–Crippen MR) is 50.5 cm³/mol. The molecule has 4 nitrogen and oxygen atoms in total. The molecule has 1 saturated heterocycles. The van der Waals surface area contributed by atoms with Gasteiger partial charge in [0.05, 0.1) is 12.6 Å². The molecular weight excluding hydrogens is 168 g/mol. The Balaban J connectivity index is 2.22. The van der Waals surface area contributed by atoms with Gasteiger partial charge < -0.3 is 15.0 Å². The SMILES string of the molecule is C[C@H]1OCC[C@H]1NCC(=O)N(C)C. The number of amides is 1. The largest absolute Gasteiger partial charge is 0.377 e. The van der Waals surface area contributed by atoms with Gasteiger partial charge in [-0.2, -0.15) is 0 Å². The molecule has 1 aliphatic rings. The molecule has 1 fully saturated rings. The van der Waals surface area contributed by atoms with Crippen molar-refractivity contribution >= 4 is 5.91 Å². The molecule has 0 saturated carbocycles. The third kappa shape index (κ3) is 2.97. The zero-order valence-corrected chi connectivity index (χ0v) is 8.54.